The summed E-state index contributed by atoms with van der Waals surface area (Å²) in [5.41, 5.74) is 4.87. The lowest BCUT2D eigenvalue weighted by molar-refractivity contribution is 0.0697. The lowest BCUT2D eigenvalue weighted by Crippen LogP contribution is -2.04. The van der Waals surface area contributed by atoms with Crippen molar-refractivity contribution in [1.82, 2.24) is 19.7 Å². The summed E-state index contributed by atoms with van der Waals surface area (Å²) in [5.74, 6) is -0.0174. The minimum atomic E-state index is -0.925. The Labute approximate surface area is 182 Å². The average Bonchev–Trinajstić information content (AvgIpc) is 3.09. The van der Waals surface area contributed by atoms with Crippen LogP contribution >= 0.6 is 23.5 Å². The van der Waals surface area contributed by atoms with Crippen molar-refractivity contribution in [3.63, 3.8) is 0 Å². The maximum absolute atomic E-state index is 11.5. The maximum Gasteiger partial charge on any atom is 0.336 e. The minimum absolute atomic E-state index is 0.300. The van der Waals surface area contributed by atoms with Gasteiger partial charge in [-0.05, 0) is 42.2 Å². The van der Waals surface area contributed by atoms with Gasteiger partial charge in [0.15, 0.2) is 0 Å². The summed E-state index contributed by atoms with van der Waals surface area (Å²) in [6.45, 7) is 2.64. The zero-order valence-corrected chi connectivity index (χ0v) is 18.4. The molecule has 0 amide bonds. The van der Waals surface area contributed by atoms with Gasteiger partial charge in [0.2, 0.25) is 0 Å². The van der Waals surface area contributed by atoms with Gasteiger partial charge in [0, 0.05) is 6.54 Å². The fourth-order valence-electron chi connectivity index (χ4n) is 3.48. The second kappa shape index (κ2) is 8.49. The first-order valence-corrected chi connectivity index (χ1v) is 11.7. The molecule has 0 radical (unpaired) electrons. The molecule has 2 heterocycles. The van der Waals surface area contributed by atoms with Gasteiger partial charge in [-0.15, -0.1) is 33.7 Å². The monoisotopic (exact) mass is 436 g/mol. The molecule has 0 aliphatic heterocycles. The number of carbonyl (C=O) groups is 1. The van der Waals surface area contributed by atoms with Crippen LogP contribution in [0.5, 0.6) is 0 Å². The zero-order valence-electron chi connectivity index (χ0n) is 16.8. The van der Waals surface area contributed by atoms with E-state index in [1.165, 1.54) is 0 Å². The largest absolute Gasteiger partial charge is 0.478 e. The Bertz CT molecular complexity index is 1240. The SMILES string of the molecule is CSc1nnc(SC)c2c1nc(C)n2Cc1ccc(-c2ccccc2C(=O)O)cc1. The van der Waals surface area contributed by atoms with Gasteiger partial charge in [-0.3, -0.25) is 0 Å². The Balaban J connectivity index is 1.72. The normalized spacial score (nSPS) is 11.2. The molecule has 4 rings (SSSR count). The van der Waals surface area contributed by atoms with E-state index in [4.69, 9.17) is 4.98 Å². The summed E-state index contributed by atoms with van der Waals surface area (Å²) in [7, 11) is 0. The Morgan fingerprint density at radius 2 is 1.67 bits per heavy atom. The number of thioether (sulfide) groups is 2. The molecule has 0 aliphatic rings. The molecule has 0 atom stereocenters. The summed E-state index contributed by atoms with van der Waals surface area (Å²) >= 11 is 3.10. The number of fused-ring (bicyclic) bond motifs is 1. The predicted molar refractivity (Wildman–Crippen MR) is 122 cm³/mol. The van der Waals surface area contributed by atoms with Crippen molar-refractivity contribution >= 4 is 40.5 Å². The van der Waals surface area contributed by atoms with Crippen LogP contribution in [0, 0.1) is 6.92 Å². The van der Waals surface area contributed by atoms with Gasteiger partial charge >= 0.3 is 5.97 Å². The van der Waals surface area contributed by atoms with Gasteiger partial charge in [0.05, 0.1) is 5.56 Å². The first-order chi connectivity index (χ1) is 14.5. The fraction of sp³-hybridized carbons (Fsp3) is 0.182. The molecule has 1 N–H and O–H groups in total. The average molecular weight is 437 g/mol. The van der Waals surface area contributed by atoms with Crippen molar-refractivity contribution in [2.24, 2.45) is 0 Å². The molecule has 0 fully saturated rings. The Hall–Kier alpha value is -2.84. The standard InChI is InChI=1S/C22H20N4O2S2/c1-13-23-18-19(21(30-3)25-24-20(18)29-2)26(13)12-14-8-10-15(11-9-14)16-6-4-5-7-17(16)22(27)28/h4-11H,12H2,1-3H3,(H,27,28). The van der Waals surface area contributed by atoms with Crippen LogP contribution in [-0.4, -0.2) is 43.3 Å². The number of aromatic carboxylic acids is 1. The number of nitrogens with zero attached hydrogens (tertiary/aromatic N) is 4. The lowest BCUT2D eigenvalue weighted by Gasteiger charge is -2.11. The molecule has 152 valence electrons. The minimum Gasteiger partial charge on any atom is -0.478 e. The molecule has 30 heavy (non-hydrogen) atoms. The van der Waals surface area contributed by atoms with Crippen LogP contribution in [0.1, 0.15) is 21.7 Å². The third kappa shape index (κ3) is 3.68. The third-order valence-corrected chi connectivity index (χ3v) is 6.27. The molecule has 2 aromatic heterocycles. The molecule has 0 unspecified atom stereocenters. The van der Waals surface area contributed by atoms with Crippen molar-refractivity contribution in [1.29, 1.82) is 0 Å². The molecule has 0 spiro atoms. The Kier molecular flexibility index (Phi) is 5.78. The van der Waals surface area contributed by atoms with Gasteiger partial charge in [-0.25, -0.2) is 9.78 Å². The smallest absolute Gasteiger partial charge is 0.336 e. The zero-order chi connectivity index (χ0) is 21.3. The van der Waals surface area contributed by atoms with Crippen LogP contribution in [-0.2, 0) is 6.54 Å². The summed E-state index contributed by atoms with van der Waals surface area (Å²) in [6, 6.07) is 15.0. The fourth-order valence-corrected chi connectivity index (χ4v) is 4.46. The van der Waals surface area contributed by atoms with Gasteiger partial charge in [0.1, 0.15) is 26.9 Å². The molecule has 0 saturated heterocycles. The molecule has 0 saturated carbocycles. The number of hydrogen-bond acceptors (Lipinski definition) is 6. The second-order valence-electron chi connectivity index (χ2n) is 6.71. The number of aromatic nitrogens is 4. The highest BCUT2D eigenvalue weighted by molar-refractivity contribution is 7.99. The topological polar surface area (TPSA) is 80.9 Å². The predicted octanol–water partition coefficient (Wildman–Crippen LogP) is 4.99. The number of carboxylic acid groups (broad SMARTS) is 1. The van der Waals surface area contributed by atoms with Crippen molar-refractivity contribution in [3.05, 3.63) is 65.5 Å². The van der Waals surface area contributed by atoms with E-state index >= 15 is 0 Å². The molecule has 2 aromatic carbocycles. The van der Waals surface area contributed by atoms with E-state index in [2.05, 4.69) is 14.8 Å². The van der Waals surface area contributed by atoms with Crippen LogP contribution < -0.4 is 0 Å². The van der Waals surface area contributed by atoms with Gasteiger partial charge in [-0.1, -0.05) is 42.5 Å². The van der Waals surface area contributed by atoms with Crippen molar-refractivity contribution in [3.8, 4) is 11.1 Å². The van der Waals surface area contributed by atoms with E-state index in [1.807, 2.05) is 55.8 Å². The number of aryl methyl sites for hydroxylation is 1. The molecule has 0 aliphatic carbocycles. The highest BCUT2D eigenvalue weighted by Crippen LogP contribution is 2.31. The summed E-state index contributed by atoms with van der Waals surface area (Å²) in [4.78, 5) is 16.3. The first kappa shape index (κ1) is 20.4. The number of imidazole rings is 1. The van der Waals surface area contributed by atoms with E-state index in [9.17, 15) is 9.90 Å². The van der Waals surface area contributed by atoms with Crippen LogP contribution in [0.25, 0.3) is 22.2 Å². The number of benzene rings is 2. The van der Waals surface area contributed by atoms with Crippen molar-refractivity contribution < 1.29 is 9.90 Å². The number of hydrogen-bond donors (Lipinski definition) is 1. The molecular formula is C22H20N4O2S2. The van der Waals surface area contributed by atoms with E-state index in [0.29, 0.717) is 17.7 Å². The van der Waals surface area contributed by atoms with Gasteiger partial charge in [0.25, 0.3) is 0 Å². The van der Waals surface area contributed by atoms with Crippen LogP contribution in [0.15, 0.2) is 58.6 Å². The highest BCUT2D eigenvalue weighted by Gasteiger charge is 2.18. The summed E-state index contributed by atoms with van der Waals surface area (Å²) in [6.07, 6.45) is 3.97. The van der Waals surface area contributed by atoms with E-state index in [-0.39, 0.29) is 0 Å². The quantitative estimate of drug-likeness (QED) is 0.426. The van der Waals surface area contributed by atoms with E-state index in [1.54, 1.807) is 35.7 Å². The highest BCUT2D eigenvalue weighted by atomic mass is 32.2. The second-order valence-corrected chi connectivity index (χ2v) is 8.30. The maximum atomic E-state index is 11.5. The first-order valence-electron chi connectivity index (χ1n) is 9.26. The third-order valence-electron chi connectivity index (χ3n) is 4.95. The molecule has 6 nitrogen and oxygen atoms in total. The molecule has 8 heteroatoms. The van der Waals surface area contributed by atoms with Gasteiger partial charge in [-0.2, -0.15) is 0 Å². The van der Waals surface area contributed by atoms with Crippen LogP contribution in [0.4, 0.5) is 0 Å². The summed E-state index contributed by atoms with van der Waals surface area (Å²) in [5, 5.41) is 19.8. The number of rotatable bonds is 6. The summed E-state index contributed by atoms with van der Waals surface area (Å²) < 4.78 is 2.16. The number of carboxylic acids is 1. The van der Waals surface area contributed by atoms with Crippen LogP contribution in [0.2, 0.25) is 0 Å². The van der Waals surface area contributed by atoms with E-state index < -0.39 is 5.97 Å². The van der Waals surface area contributed by atoms with Crippen molar-refractivity contribution in [2.75, 3.05) is 12.5 Å². The van der Waals surface area contributed by atoms with Crippen LogP contribution in [0.3, 0.4) is 0 Å². The van der Waals surface area contributed by atoms with E-state index in [0.717, 1.165) is 38.0 Å². The lowest BCUT2D eigenvalue weighted by atomic mass is 9.99. The Morgan fingerprint density at radius 3 is 2.33 bits per heavy atom. The van der Waals surface area contributed by atoms with Crippen molar-refractivity contribution in [2.45, 2.75) is 23.5 Å². The molecule has 4 aromatic rings. The van der Waals surface area contributed by atoms with Gasteiger partial charge < -0.3 is 9.67 Å². The molecular weight excluding hydrogens is 416 g/mol. The Morgan fingerprint density at radius 1 is 1.00 bits per heavy atom. The molecule has 0 bridgehead atoms.